The van der Waals surface area contributed by atoms with Gasteiger partial charge in [-0.1, -0.05) is 158 Å². The van der Waals surface area contributed by atoms with Crippen LogP contribution in [0.1, 0.15) is 11.1 Å². The van der Waals surface area contributed by atoms with Crippen molar-refractivity contribution in [3.63, 3.8) is 0 Å². The van der Waals surface area contributed by atoms with E-state index in [9.17, 15) is 0 Å². The van der Waals surface area contributed by atoms with Gasteiger partial charge in [0, 0.05) is 66.5 Å². The number of rotatable bonds is 9. The maximum atomic E-state index is 6.80. The molecule has 12 aromatic rings. The van der Waals surface area contributed by atoms with Crippen molar-refractivity contribution in [3.8, 4) is 33.4 Å². The van der Waals surface area contributed by atoms with E-state index < -0.39 is 0 Å². The molecule has 66 heavy (non-hydrogen) atoms. The minimum atomic E-state index is 0.860. The van der Waals surface area contributed by atoms with Crippen LogP contribution in [0.25, 0.3) is 77.3 Å². The first kappa shape index (κ1) is 39.0. The van der Waals surface area contributed by atoms with Crippen LogP contribution in [0.15, 0.2) is 239 Å². The molecule has 4 heteroatoms. The second kappa shape index (κ2) is 16.2. The molecule has 0 saturated carbocycles. The number of fused-ring (bicyclic) bond motifs is 6. The fourth-order valence-electron chi connectivity index (χ4n) is 9.77. The van der Waals surface area contributed by atoms with Gasteiger partial charge in [-0.2, -0.15) is 0 Å². The molecule has 0 fully saturated rings. The van der Waals surface area contributed by atoms with Crippen LogP contribution in [0, 0.1) is 13.8 Å². The van der Waals surface area contributed by atoms with Gasteiger partial charge >= 0.3 is 0 Å². The molecule has 0 unspecified atom stereocenters. The monoisotopic (exact) mass is 848 g/mol. The second-order valence-electron chi connectivity index (χ2n) is 16.9. The quantitative estimate of drug-likeness (QED) is 0.145. The van der Waals surface area contributed by atoms with Crippen molar-refractivity contribution in [1.82, 2.24) is 0 Å². The first-order chi connectivity index (χ1) is 32.6. The summed E-state index contributed by atoms with van der Waals surface area (Å²) in [4.78, 5) is 4.76. The van der Waals surface area contributed by atoms with Gasteiger partial charge in [0.2, 0.25) is 0 Å². The lowest BCUT2D eigenvalue weighted by molar-refractivity contribution is 0.669. The summed E-state index contributed by atoms with van der Waals surface area (Å²) in [6.07, 6.45) is 0. The van der Waals surface area contributed by atoms with Gasteiger partial charge in [0.15, 0.2) is 0 Å². The molecule has 0 radical (unpaired) electrons. The lowest BCUT2D eigenvalue weighted by Crippen LogP contribution is -2.13. The Labute approximate surface area is 383 Å². The minimum absolute atomic E-state index is 0.860. The van der Waals surface area contributed by atoms with Crippen molar-refractivity contribution in [2.45, 2.75) is 13.8 Å². The summed E-state index contributed by atoms with van der Waals surface area (Å²) in [5.41, 5.74) is 18.6. The second-order valence-corrected chi connectivity index (χ2v) is 16.9. The molecule has 0 aliphatic rings. The Morgan fingerprint density at radius 2 is 0.667 bits per heavy atom. The number of nitrogens with zero attached hydrogens (tertiary/aromatic N) is 2. The Morgan fingerprint density at radius 3 is 1.11 bits per heavy atom. The molecule has 314 valence electrons. The Morgan fingerprint density at radius 1 is 0.288 bits per heavy atom. The number of benzene rings is 10. The van der Waals surface area contributed by atoms with Crippen molar-refractivity contribution in [2.24, 2.45) is 0 Å². The van der Waals surface area contributed by atoms with Crippen molar-refractivity contribution in [2.75, 3.05) is 9.80 Å². The summed E-state index contributed by atoms with van der Waals surface area (Å²) >= 11 is 0. The molecule has 2 heterocycles. The first-order valence-electron chi connectivity index (χ1n) is 22.5. The average Bonchev–Trinajstić information content (AvgIpc) is 3.95. The van der Waals surface area contributed by atoms with E-state index in [1.807, 2.05) is 12.1 Å². The van der Waals surface area contributed by atoms with E-state index in [0.29, 0.717) is 0 Å². The predicted octanol–water partition coefficient (Wildman–Crippen LogP) is 18.0. The third-order valence-electron chi connectivity index (χ3n) is 12.9. The molecule has 0 saturated heterocycles. The normalized spacial score (nSPS) is 11.5. The molecular weight excluding hydrogens is 805 g/mol. The zero-order valence-corrected chi connectivity index (χ0v) is 36.7. The van der Waals surface area contributed by atoms with Gasteiger partial charge in [-0.05, 0) is 109 Å². The van der Waals surface area contributed by atoms with E-state index in [1.165, 1.54) is 11.1 Å². The number of para-hydroxylation sites is 8. The summed E-state index contributed by atoms with van der Waals surface area (Å²) in [5, 5.41) is 4.37. The number of hydrogen-bond donors (Lipinski definition) is 0. The fraction of sp³-hybridized carbons (Fsp3) is 0.0323. The summed E-state index contributed by atoms with van der Waals surface area (Å²) in [6, 6.07) is 82.0. The van der Waals surface area contributed by atoms with Crippen molar-refractivity contribution >= 4 is 78.0 Å². The third kappa shape index (κ3) is 6.62. The Kier molecular flexibility index (Phi) is 9.57. The number of aryl methyl sites for hydroxylation is 2. The van der Waals surface area contributed by atoms with Gasteiger partial charge in [0.25, 0.3) is 0 Å². The molecule has 0 aliphatic carbocycles. The van der Waals surface area contributed by atoms with Crippen molar-refractivity contribution in [1.29, 1.82) is 0 Å². The van der Waals surface area contributed by atoms with E-state index in [4.69, 9.17) is 8.83 Å². The van der Waals surface area contributed by atoms with Gasteiger partial charge in [0.1, 0.15) is 22.3 Å². The van der Waals surface area contributed by atoms with Crippen LogP contribution >= 0.6 is 0 Å². The summed E-state index contributed by atoms with van der Waals surface area (Å²) in [5.74, 6) is 0. The van der Waals surface area contributed by atoms with Crippen LogP contribution in [0.2, 0.25) is 0 Å². The number of furan rings is 2. The maximum Gasteiger partial charge on any atom is 0.143 e. The Balaban J connectivity index is 1.14. The van der Waals surface area contributed by atoms with Gasteiger partial charge < -0.3 is 18.6 Å². The van der Waals surface area contributed by atoms with Crippen LogP contribution in [0.5, 0.6) is 0 Å². The zero-order chi connectivity index (χ0) is 44.1. The number of anilines is 6. The molecule has 4 nitrogen and oxygen atoms in total. The highest BCUT2D eigenvalue weighted by molar-refractivity contribution is 6.13. The maximum absolute atomic E-state index is 6.80. The van der Waals surface area contributed by atoms with Gasteiger partial charge in [0.05, 0.1) is 11.4 Å². The third-order valence-corrected chi connectivity index (χ3v) is 12.9. The van der Waals surface area contributed by atoms with Crippen LogP contribution in [0.3, 0.4) is 0 Å². The average molecular weight is 849 g/mol. The van der Waals surface area contributed by atoms with Crippen molar-refractivity contribution in [3.05, 3.63) is 242 Å². The molecule has 10 aromatic carbocycles. The van der Waals surface area contributed by atoms with Crippen LogP contribution in [-0.4, -0.2) is 0 Å². The molecule has 0 spiro atoms. The van der Waals surface area contributed by atoms with Crippen LogP contribution < -0.4 is 9.80 Å². The first-order valence-corrected chi connectivity index (χ1v) is 22.5. The highest BCUT2D eigenvalue weighted by Gasteiger charge is 2.25. The van der Waals surface area contributed by atoms with Gasteiger partial charge in [-0.3, -0.25) is 0 Å². The van der Waals surface area contributed by atoms with Gasteiger partial charge in [-0.15, -0.1) is 0 Å². The van der Waals surface area contributed by atoms with E-state index in [0.717, 1.165) is 111 Å². The topological polar surface area (TPSA) is 32.8 Å². The van der Waals surface area contributed by atoms with Crippen molar-refractivity contribution < 1.29 is 8.83 Å². The van der Waals surface area contributed by atoms with Crippen LogP contribution in [-0.2, 0) is 0 Å². The summed E-state index contributed by atoms with van der Waals surface area (Å²) in [6.45, 7) is 4.36. The lowest BCUT2D eigenvalue weighted by Gasteiger charge is -2.30. The van der Waals surface area contributed by atoms with E-state index in [2.05, 4.69) is 242 Å². The lowest BCUT2D eigenvalue weighted by atomic mass is 9.92. The standard InChI is InChI=1S/C62H44N2O2/c1-41-19-9-13-31-55(41)63(45-21-5-3-6-22-45)57-37-35-43(39-53(57)51-29-17-27-49-47-25-11-15-33-59(47)65-61(49)51)44-36-38-58(64(46-23-7-4-8-24-46)56-32-14-10-20-42(56)2)54(40-44)52-30-18-28-50-48-26-12-16-34-60(48)66-62(50)52/h3-40H,1-2H3. The van der Waals surface area contributed by atoms with E-state index in [1.54, 1.807) is 0 Å². The van der Waals surface area contributed by atoms with E-state index >= 15 is 0 Å². The Bertz CT molecular complexity index is 3500. The smallest absolute Gasteiger partial charge is 0.143 e. The van der Waals surface area contributed by atoms with Gasteiger partial charge in [-0.25, -0.2) is 0 Å². The fourth-order valence-corrected chi connectivity index (χ4v) is 9.77. The molecule has 0 amide bonds. The van der Waals surface area contributed by atoms with Crippen LogP contribution in [0.4, 0.5) is 34.1 Å². The molecular formula is C62H44N2O2. The summed E-state index contributed by atoms with van der Waals surface area (Å²) in [7, 11) is 0. The molecule has 2 aromatic heterocycles. The predicted molar refractivity (Wildman–Crippen MR) is 276 cm³/mol. The largest absolute Gasteiger partial charge is 0.455 e. The SMILES string of the molecule is Cc1ccccc1N(c1ccccc1)c1ccc(-c2ccc(N(c3ccccc3)c3ccccc3C)c(-c3cccc4c3oc3ccccc34)c2)cc1-c1cccc2c1oc1ccccc12. The molecule has 0 atom stereocenters. The Hall–Kier alpha value is -8.60. The molecule has 0 N–H and O–H groups in total. The molecule has 0 aliphatic heterocycles. The molecule has 12 rings (SSSR count). The summed E-state index contributed by atoms with van der Waals surface area (Å²) < 4.78 is 13.6. The minimum Gasteiger partial charge on any atom is -0.455 e. The number of hydrogen-bond acceptors (Lipinski definition) is 4. The highest BCUT2D eigenvalue weighted by atomic mass is 16.3. The van der Waals surface area contributed by atoms with E-state index in [-0.39, 0.29) is 0 Å². The highest BCUT2D eigenvalue weighted by Crippen LogP contribution is 2.49. The zero-order valence-electron chi connectivity index (χ0n) is 36.7. The molecule has 0 bridgehead atoms.